The summed E-state index contributed by atoms with van der Waals surface area (Å²) in [5.74, 6) is 0. The summed E-state index contributed by atoms with van der Waals surface area (Å²) < 4.78 is 7.79. The average Bonchev–Trinajstić information content (AvgIpc) is 3.80. The van der Waals surface area contributed by atoms with E-state index >= 15 is 0 Å². The molecule has 2 aromatic heterocycles. The molecule has 0 N–H and O–H groups in total. The van der Waals surface area contributed by atoms with Crippen LogP contribution in [0.3, 0.4) is 0 Å². The van der Waals surface area contributed by atoms with Crippen LogP contribution < -0.4 is 10.5 Å². The molecule has 272 valence electrons. The highest BCUT2D eigenvalue weighted by Crippen LogP contribution is 2.61. The van der Waals surface area contributed by atoms with Gasteiger partial charge in [-0.1, -0.05) is 146 Å². The third-order valence-electron chi connectivity index (χ3n) is 12.3. The molecule has 0 unspecified atom stereocenters. The summed E-state index contributed by atoms with van der Waals surface area (Å²) in [6.45, 7) is 0. The normalized spacial score (nSPS) is 13.3. The Bertz CT molecular complexity index is 3260. The van der Waals surface area contributed by atoms with Gasteiger partial charge in [0, 0.05) is 16.5 Å². The molecule has 1 spiro atoms. The van der Waals surface area contributed by atoms with Crippen LogP contribution in [-0.4, -0.2) is 4.57 Å². The topological polar surface area (TPSA) is 38.4 Å². The number of nitrogens with zero attached hydrogens (tertiary/aromatic N) is 2. The molecule has 0 atom stereocenters. The van der Waals surface area contributed by atoms with Gasteiger partial charge in [-0.05, 0) is 104 Å². The van der Waals surface area contributed by atoms with E-state index in [1.54, 1.807) is 12.5 Å². The third kappa shape index (κ3) is 4.48. The van der Waals surface area contributed by atoms with Crippen molar-refractivity contribution in [2.45, 2.75) is 5.41 Å². The Labute approximate surface area is 335 Å². The van der Waals surface area contributed by atoms with E-state index in [-0.39, 0.29) is 5.56 Å². The fraction of sp³-hybridized carbons (Fsp3) is 0.0185. The van der Waals surface area contributed by atoms with Crippen molar-refractivity contribution in [2.24, 2.45) is 0 Å². The van der Waals surface area contributed by atoms with Crippen LogP contribution in [0.2, 0.25) is 0 Å². The maximum Gasteiger partial charge on any atom is 0.266 e. The fourth-order valence-electron chi connectivity index (χ4n) is 9.83. The number of para-hydroxylation sites is 3. The van der Waals surface area contributed by atoms with Crippen LogP contribution in [0.25, 0.3) is 60.7 Å². The molecule has 0 aliphatic carbocycles. The minimum Gasteiger partial charge on any atom is -0.471 e. The lowest BCUT2D eigenvalue weighted by molar-refractivity contribution is 0.572. The van der Waals surface area contributed by atoms with Crippen LogP contribution in [0, 0.1) is 0 Å². The number of pyridine rings is 1. The Hall–Kier alpha value is -7.69. The first-order chi connectivity index (χ1) is 28.7. The number of rotatable bonds is 4. The molecular formula is C54H34N2O2. The average molecular weight is 743 g/mol. The molecule has 8 aromatic carbocycles. The molecule has 4 heteroatoms. The Morgan fingerprint density at radius 1 is 0.379 bits per heavy atom. The maximum atomic E-state index is 14.8. The third-order valence-corrected chi connectivity index (χ3v) is 12.3. The van der Waals surface area contributed by atoms with E-state index < -0.39 is 5.41 Å². The molecule has 2 aliphatic rings. The molecule has 2 aliphatic heterocycles. The zero-order valence-corrected chi connectivity index (χ0v) is 31.3. The summed E-state index contributed by atoms with van der Waals surface area (Å²) in [5, 5.41) is 2.35. The van der Waals surface area contributed by atoms with Crippen molar-refractivity contribution in [1.29, 1.82) is 0 Å². The van der Waals surface area contributed by atoms with Crippen LogP contribution in [0.1, 0.15) is 22.3 Å². The molecule has 4 nitrogen and oxygen atoms in total. The van der Waals surface area contributed by atoms with Crippen LogP contribution in [0.5, 0.6) is 0 Å². The number of fused-ring (bicyclic) bond motifs is 10. The highest BCUT2D eigenvalue weighted by atomic mass is 16.3. The van der Waals surface area contributed by atoms with Gasteiger partial charge < -0.3 is 9.32 Å². The van der Waals surface area contributed by atoms with Crippen LogP contribution in [0.4, 0.5) is 17.1 Å². The summed E-state index contributed by atoms with van der Waals surface area (Å²) in [6, 6.07) is 69.4. The van der Waals surface area contributed by atoms with E-state index in [4.69, 9.17) is 4.42 Å². The van der Waals surface area contributed by atoms with E-state index in [0.717, 1.165) is 83.5 Å². The smallest absolute Gasteiger partial charge is 0.266 e. The molecule has 0 bridgehead atoms. The minimum absolute atomic E-state index is 0.0869. The van der Waals surface area contributed by atoms with Crippen molar-refractivity contribution < 1.29 is 4.42 Å². The van der Waals surface area contributed by atoms with Crippen LogP contribution in [-0.2, 0) is 5.41 Å². The maximum absolute atomic E-state index is 14.8. The van der Waals surface area contributed by atoms with E-state index in [2.05, 4.69) is 193 Å². The van der Waals surface area contributed by atoms with Crippen molar-refractivity contribution >= 4 is 38.7 Å². The first-order valence-electron chi connectivity index (χ1n) is 19.7. The van der Waals surface area contributed by atoms with Gasteiger partial charge in [-0.15, -0.1) is 0 Å². The van der Waals surface area contributed by atoms with Crippen molar-refractivity contribution in [3.05, 3.63) is 239 Å². The summed E-state index contributed by atoms with van der Waals surface area (Å²) in [7, 11) is 0. The lowest BCUT2D eigenvalue weighted by Gasteiger charge is -2.49. The van der Waals surface area contributed by atoms with Crippen LogP contribution in [0.15, 0.2) is 216 Å². The molecule has 0 fully saturated rings. The molecule has 0 saturated heterocycles. The Morgan fingerprint density at radius 3 is 1.53 bits per heavy atom. The number of hydrogen-bond acceptors (Lipinski definition) is 3. The van der Waals surface area contributed by atoms with Gasteiger partial charge in [0.2, 0.25) is 0 Å². The standard InChI is InChI=1S/C54H34N2O2/c57-53-44-34-58-33-43(44)42-31-40(39-19-13-18-38(30-39)36-16-5-2-6-17-36)32-48-52(42)56(53)51-25-12-9-22-47(51)54(48)45-20-7-10-23-49(45)55(50-24-11-8-21-46(50)54)41-28-26-37(27-29-41)35-14-3-1-4-15-35/h1-34H. The summed E-state index contributed by atoms with van der Waals surface area (Å²) >= 11 is 0. The van der Waals surface area contributed by atoms with Gasteiger partial charge >= 0.3 is 0 Å². The Morgan fingerprint density at radius 2 is 0.879 bits per heavy atom. The van der Waals surface area contributed by atoms with Gasteiger partial charge in [0.15, 0.2) is 0 Å². The largest absolute Gasteiger partial charge is 0.471 e. The van der Waals surface area contributed by atoms with Gasteiger partial charge in [0.05, 0.1) is 39.6 Å². The summed E-state index contributed by atoms with van der Waals surface area (Å²) in [6.07, 6.45) is 3.34. The van der Waals surface area contributed by atoms with Gasteiger partial charge in [-0.2, -0.15) is 0 Å². The first-order valence-corrected chi connectivity index (χ1v) is 19.7. The van der Waals surface area contributed by atoms with E-state index in [1.807, 2.05) is 10.6 Å². The zero-order valence-electron chi connectivity index (χ0n) is 31.3. The predicted octanol–water partition coefficient (Wildman–Crippen LogP) is 13.2. The Kier molecular flexibility index (Phi) is 6.96. The van der Waals surface area contributed by atoms with Gasteiger partial charge in [0.25, 0.3) is 5.56 Å². The molecule has 0 radical (unpaired) electrons. The summed E-state index contributed by atoms with van der Waals surface area (Å²) in [4.78, 5) is 17.2. The van der Waals surface area contributed by atoms with E-state index in [9.17, 15) is 4.79 Å². The second kappa shape index (κ2) is 12.4. The fourth-order valence-corrected chi connectivity index (χ4v) is 9.83. The van der Waals surface area contributed by atoms with Crippen molar-refractivity contribution in [3.63, 3.8) is 0 Å². The molecule has 10 aromatic rings. The van der Waals surface area contributed by atoms with Crippen molar-refractivity contribution in [1.82, 2.24) is 4.57 Å². The number of furan rings is 1. The van der Waals surface area contributed by atoms with Crippen LogP contribution >= 0.6 is 0 Å². The Balaban J connectivity index is 1.19. The molecule has 0 saturated carbocycles. The minimum atomic E-state index is -0.792. The van der Waals surface area contributed by atoms with Crippen molar-refractivity contribution in [3.8, 4) is 39.1 Å². The van der Waals surface area contributed by atoms with Crippen molar-refractivity contribution in [2.75, 3.05) is 4.90 Å². The van der Waals surface area contributed by atoms with Gasteiger partial charge in [-0.25, -0.2) is 0 Å². The molecular weight excluding hydrogens is 709 g/mol. The second-order valence-electron chi connectivity index (χ2n) is 15.3. The number of aromatic nitrogens is 1. The lowest BCUT2D eigenvalue weighted by atomic mass is 9.60. The van der Waals surface area contributed by atoms with Gasteiger partial charge in [0.1, 0.15) is 6.26 Å². The molecule has 58 heavy (non-hydrogen) atoms. The SMILES string of the molecule is O=c1c2cocc2c2cc(-c3cccc(-c4ccccc4)c3)cc3c2n1-c1ccccc1C31c2ccccc2N(c2ccc(-c3ccccc3)cc2)c2ccccc21. The zero-order chi connectivity index (χ0) is 38.4. The van der Waals surface area contributed by atoms with E-state index in [1.165, 1.54) is 11.1 Å². The number of anilines is 3. The predicted molar refractivity (Wildman–Crippen MR) is 236 cm³/mol. The van der Waals surface area contributed by atoms with Gasteiger partial charge in [-0.3, -0.25) is 9.36 Å². The quantitative estimate of drug-likeness (QED) is 0.180. The van der Waals surface area contributed by atoms with E-state index in [0.29, 0.717) is 5.39 Å². The molecule has 0 amide bonds. The number of benzene rings is 8. The molecule has 12 rings (SSSR count). The monoisotopic (exact) mass is 742 g/mol. The molecule has 4 heterocycles. The summed E-state index contributed by atoms with van der Waals surface area (Å²) in [5.41, 5.74) is 15.4. The number of hydrogen-bond donors (Lipinski definition) is 0. The highest BCUT2D eigenvalue weighted by Gasteiger charge is 2.51. The second-order valence-corrected chi connectivity index (χ2v) is 15.3. The first kappa shape index (κ1) is 32.5. The highest BCUT2D eigenvalue weighted by molar-refractivity contribution is 6.10. The lowest BCUT2D eigenvalue weighted by Crippen LogP contribution is -2.42.